The van der Waals surface area contributed by atoms with Gasteiger partial charge in [0.25, 0.3) is 0 Å². The number of Topliss-reactive ketones (excluding diaryl/α,β-unsaturated/α-hetero) is 1. The maximum Gasteiger partial charge on any atom is 0.311 e. The Morgan fingerprint density at radius 3 is 2.49 bits per heavy atom. The summed E-state index contributed by atoms with van der Waals surface area (Å²) in [6.45, 7) is 14.9. The first-order chi connectivity index (χ1) is 28.0. The zero-order chi connectivity index (χ0) is 42.8. The largest absolute Gasteiger partial charge is 0.458 e. The van der Waals surface area contributed by atoms with Gasteiger partial charge >= 0.3 is 11.9 Å². The third kappa shape index (κ3) is 9.61. The number of benzene rings is 1. The maximum absolute atomic E-state index is 14.6. The van der Waals surface area contributed by atoms with Gasteiger partial charge in [0.1, 0.15) is 40.9 Å². The van der Waals surface area contributed by atoms with E-state index in [0.717, 1.165) is 16.1 Å². The van der Waals surface area contributed by atoms with Crippen LogP contribution in [0.3, 0.4) is 0 Å². The Hall–Kier alpha value is -3.31. The highest BCUT2D eigenvalue weighted by atomic mass is 32.1. The fourth-order valence-corrected chi connectivity index (χ4v) is 10.5. The minimum absolute atomic E-state index is 0.0261. The molecule has 0 unspecified atom stereocenters. The lowest BCUT2D eigenvalue weighted by Crippen LogP contribution is -2.60. The van der Waals surface area contributed by atoms with Crippen LogP contribution in [0.4, 0.5) is 0 Å². The van der Waals surface area contributed by atoms with Gasteiger partial charge in [-0.3, -0.25) is 14.4 Å². The number of carbonyl (C=O) groups excluding carboxylic acids is 3. The molecular formula is C44H63N3O11S. The quantitative estimate of drug-likeness (QED) is 0.250. The van der Waals surface area contributed by atoms with E-state index in [9.17, 15) is 19.5 Å². The van der Waals surface area contributed by atoms with Gasteiger partial charge in [-0.2, -0.15) is 0 Å². The highest BCUT2D eigenvalue weighted by Crippen LogP contribution is 2.46. The molecule has 326 valence electrons. The van der Waals surface area contributed by atoms with E-state index < -0.39 is 83.4 Å². The molecule has 0 radical (unpaired) electrons. The molecule has 2 bridgehead atoms. The van der Waals surface area contributed by atoms with Crippen LogP contribution in [0.5, 0.6) is 0 Å². The van der Waals surface area contributed by atoms with Crippen molar-refractivity contribution in [3.05, 3.63) is 41.4 Å². The van der Waals surface area contributed by atoms with Crippen molar-refractivity contribution in [2.75, 3.05) is 27.3 Å². The van der Waals surface area contributed by atoms with E-state index in [4.69, 9.17) is 33.3 Å². The molecule has 15 heteroatoms. The number of thiazole rings is 1. The number of nitrogens with zero attached hydrogens (tertiary/aromatic N) is 3. The van der Waals surface area contributed by atoms with Crippen LogP contribution in [0, 0.1) is 29.6 Å². The van der Waals surface area contributed by atoms with E-state index in [1.807, 2.05) is 90.2 Å². The highest BCUT2D eigenvalue weighted by molar-refractivity contribution is 7.13. The van der Waals surface area contributed by atoms with Crippen molar-refractivity contribution in [3.63, 3.8) is 0 Å². The zero-order valence-electron chi connectivity index (χ0n) is 36.1. The number of ether oxygens (including phenoxy) is 6. The lowest BCUT2D eigenvalue weighted by Gasteiger charge is -2.48. The number of rotatable bonds is 8. The van der Waals surface area contributed by atoms with Gasteiger partial charge in [-0.05, 0) is 61.1 Å². The van der Waals surface area contributed by atoms with Gasteiger partial charge in [0, 0.05) is 52.4 Å². The first kappa shape index (κ1) is 45.2. The van der Waals surface area contributed by atoms with Crippen molar-refractivity contribution < 1.29 is 52.7 Å². The van der Waals surface area contributed by atoms with E-state index in [1.165, 1.54) is 11.3 Å². The summed E-state index contributed by atoms with van der Waals surface area (Å²) in [6, 6.07) is 7.59. The molecule has 0 saturated carbocycles. The number of carbonyl (C=O) groups is 3. The smallest absolute Gasteiger partial charge is 0.311 e. The van der Waals surface area contributed by atoms with Crippen LogP contribution >= 0.6 is 11.3 Å². The minimum atomic E-state index is -1.24. The van der Waals surface area contributed by atoms with Crippen LogP contribution in [0.1, 0.15) is 86.6 Å². The summed E-state index contributed by atoms with van der Waals surface area (Å²) >= 11 is 1.54. The van der Waals surface area contributed by atoms with Gasteiger partial charge in [-0.25, -0.2) is 4.98 Å². The number of hydrogen-bond acceptors (Lipinski definition) is 15. The van der Waals surface area contributed by atoms with E-state index in [-0.39, 0.29) is 50.6 Å². The van der Waals surface area contributed by atoms with Crippen LogP contribution in [0.2, 0.25) is 0 Å². The van der Waals surface area contributed by atoms with Crippen molar-refractivity contribution >= 4 is 34.8 Å². The van der Waals surface area contributed by atoms with Gasteiger partial charge in [0.05, 0.1) is 49.5 Å². The summed E-state index contributed by atoms with van der Waals surface area (Å²) in [5.41, 5.74) is -0.185. The monoisotopic (exact) mass is 841 g/mol. The molecule has 1 N–H and O–H groups in total. The molecular weight excluding hydrogens is 779 g/mol. The van der Waals surface area contributed by atoms with Crippen molar-refractivity contribution in [3.8, 4) is 10.6 Å². The number of aliphatic hydroxyl groups is 1. The Morgan fingerprint density at radius 1 is 1.05 bits per heavy atom. The second-order valence-electron chi connectivity index (χ2n) is 17.7. The van der Waals surface area contributed by atoms with Crippen molar-refractivity contribution in [1.29, 1.82) is 0 Å². The van der Waals surface area contributed by atoms with Crippen molar-refractivity contribution in [2.24, 2.45) is 34.7 Å². The Labute approximate surface area is 352 Å². The fraction of sp³-hybridized carbons (Fsp3) is 0.705. The third-order valence-corrected chi connectivity index (χ3v) is 13.9. The van der Waals surface area contributed by atoms with E-state index in [2.05, 4.69) is 10.1 Å². The first-order valence-electron chi connectivity index (χ1n) is 21.0. The Morgan fingerprint density at radius 2 is 1.80 bits per heavy atom. The number of hydrogen-bond donors (Lipinski definition) is 1. The lowest BCUT2D eigenvalue weighted by molar-refractivity contribution is -0.302. The topological polar surface area (TPSA) is 165 Å². The van der Waals surface area contributed by atoms with Crippen LogP contribution < -0.4 is 0 Å². The summed E-state index contributed by atoms with van der Waals surface area (Å²) in [5, 5.41) is 19.0. The molecule has 6 rings (SSSR count). The molecule has 0 amide bonds. The summed E-state index contributed by atoms with van der Waals surface area (Å²) in [7, 11) is 3.82. The average Bonchev–Trinajstić information content (AvgIpc) is 3.85. The number of esters is 2. The lowest BCUT2D eigenvalue weighted by atomic mass is 9.70. The predicted molar refractivity (Wildman–Crippen MR) is 220 cm³/mol. The molecule has 14 atom stereocenters. The SMILES string of the molecule is CC[C@H]1OC(=O)[C@H](C)[C@H]2OC/C(=N/OCc3ccccc3-c3nccs3)CO[C@](C)(C[C@@H](C)C(=O)[C@H](C)[C@@H]3CC(=O)O[C@]13C)[C@H](O[C@@H]1O[C@H](C)C[C@H](N(C)C)[C@H]1O)[C@@H]2C. The molecule has 4 aliphatic heterocycles. The molecule has 1 aromatic carbocycles. The number of aromatic nitrogens is 1. The standard InChI is InChI=1S/C44H63N3O11S/c1-11-34-44(8)32(19-35(48)58-44)26(4)36(49)24(2)20-43(7)39(57-42-37(50)33(47(9)10)18-25(3)55-42)27(5)38(28(6)41(51)56-34)52-22-30(23-53-43)46-54-21-29-14-12-13-15-31(29)40-45-16-17-59-40/h12-17,24-28,32-34,37-39,42,50H,11,18-23H2,1-10H3/b46-30-/t24-,25-,26-,27-,28-,32+,33+,34-,37-,38+,39-,42+,43-,44+/m1/s1. The van der Waals surface area contributed by atoms with E-state index in [0.29, 0.717) is 18.6 Å². The van der Waals surface area contributed by atoms with Gasteiger partial charge in [-0.1, -0.05) is 57.1 Å². The van der Waals surface area contributed by atoms with Gasteiger partial charge in [-0.15, -0.1) is 11.3 Å². The van der Waals surface area contributed by atoms with Gasteiger partial charge < -0.3 is 43.3 Å². The van der Waals surface area contributed by atoms with E-state index >= 15 is 0 Å². The van der Waals surface area contributed by atoms with Crippen LogP contribution in [-0.4, -0.2) is 120 Å². The number of cyclic esters (lactones) is 1. The van der Waals surface area contributed by atoms with Crippen LogP contribution in [-0.2, 0) is 54.2 Å². The number of fused-ring (bicyclic) bond motifs is 4. The predicted octanol–water partition coefficient (Wildman–Crippen LogP) is 5.83. The second-order valence-corrected chi connectivity index (χ2v) is 18.6. The second kappa shape index (κ2) is 18.8. The average molecular weight is 842 g/mol. The molecule has 14 nitrogen and oxygen atoms in total. The van der Waals surface area contributed by atoms with E-state index in [1.54, 1.807) is 20.0 Å². The molecule has 0 spiro atoms. The summed E-state index contributed by atoms with van der Waals surface area (Å²) in [5.74, 6) is -4.25. The molecule has 59 heavy (non-hydrogen) atoms. The Kier molecular flexibility index (Phi) is 14.4. The fourth-order valence-electron chi connectivity index (χ4n) is 9.81. The molecule has 4 fully saturated rings. The number of ketones is 1. The maximum atomic E-state index is 14.6. The molecule has 1 aromatic heterocycles. The molecule has 4 aliphatic rings. The van der Waals surface area contributed by atoms with Gasteiger partial charge in [0.2, 0.25) is 0 Å². The zero-order valence-corrected chi connectivity index (χ0v) is 36.9. The third-order valence-electron chi connectivity index (χ3n) is 13.1. The normalized spacial score (nSPS) is 39.5. The van der Waals surface area contributed by atoms with Crippen LogP contribution in [0.15, 0.2) is 41.0 Å². The molecule has 0 aliphatic carbocycles. The number of oxime groups is 1. The number of likely N-dealkylation sites (N-methyl/N-ethyl adjacent to an activating group) is 1. The summed E-state index contributed by atoms with van der Waals surface area (Å²) < 4.78 is 39.1. The minimum Gasteiger partial charge on any atom is -0.458 e. The molecule has 4 saturated heterocycles. The van der Waals surface area contributed by atoms with Gasteiger partial charge in [0.15, 0.2) is 6.29 Å². The Balaban J connectivity index is 1.41. The Bertz CT molecular complexity index is 1810. The molecule has 5 heterocycles. The summed E-state index contributed by atoms with van der Waals surface area (Å²) in [4.78, 5) is 54.4. The molecule has 2 aromatic rings. The number of aliphatic hydroxyl groups excluding tert-OH is 1. The highest BCUT2D eigenvalue weighted by Gasteiger charge is 2.57. The summed E-state index contributed by atoms with van der Waals surface area (Å²) in [6.07, 6.45) is -1.91. The van der Waals surface area contributed by atoms with Crippen LogP contribution in [0.25, 0.3) is 10.6 Å². The van der Waals surface area contributed by atoms with Crippen molar-refractivity contribution in [2.45, 2.75) is 142 Å². The first-order valence-corrected chi connectivity index (χ1v) is 21.9. The van der Waals surface area contributed by atoms with Crippen molar-refractivity contribution in [1.82, 2.24) is 9.88 Å².